The average Bonchev–Trinajstić information content (AvgIpc) is 2.90. The van der Waals surface area contributed by atoms with Crippen LogP contribution in [-0.4, -0.2) is 22.8 Å². The fourth-order valence-corrected chi connectivity index (χ4v) is 2.56. The molecule has 5 nitrogen and oxygen atoms in total. The number of hydrogen-bond donors (Lipinski definition) is 2. The summed E-state index contributed by atoms with van der Waals surface area (Å²) in [5.41, 5.74) is 0.654. The molecule has 0 aliphatic heterocycles. The molecule has 1 aliphatic carbocycles. The summed E-state index contributed by atoms with van der Waals surface area (Å²) in [5, 5.41) is 5.58. The number of pyridine rings is 1. The highest BCUT2D eigenvalue weighted by molar-refractivity contribution is 5.97. The molecule has 1 aliphatic rings. The molecule has 0 aromatic carbocycles. The van der Waals surface area contributed by atoms with Gasteiger partial charge in [-0.25, -0.2) is 0 Å². The number of nitrogens with zero attached hydrogens (tertiary/aromatic N) is 1. The van der Waals surface area contributed by atoms with Crippen molar-refractivity contribution in [1.29, 1.82) is 0 Å². The summed E-state index contributed by atoms with van der Waals surface area (Å²) >= 11 is 0. The molecule has 1 saturated carbocycles. The lowest BCUT2D eigenvalue weighted by Gasteiger charge is -2.23. The summed E-state index contributed by atoms with van der Waals surface area (Å²) in [6.07, 6.45) is 7.48. The Hall–Kier alpha value is -1.91. The van der Waals surface area contributed by atoms with E-state index in [1.165, 1.54) is 6.92 Å². The summed E-state index contributed by atoms with van der Waals surface area (Å²) in [6, 6.07) is 3.10. The van der Waals surface area contributed by atoms with Crippen molar-refractivity contribution >= 4 is 17.5 Å². The lowest BCUT2D eigenvalue weighted by atomic mass is 9.97. The molecule has 2 rings (SSSR count). The highest BCUT2D eigenvalue weighted by Crippen LogP contribution is 2.28. The van der Waals surface area contributed by atoms with E-state index in [1.54, 1.807) is 24.5 Å². The minimum Gasteiger partial charge on any atom is -0.344 e. The Bertz CT molecular complexity index is 441. The second-order valence-corrected chi connectivity index (χ2v) is 4.95. The maximum Gasteiger partial charge on any atom is 0.247 e. The highest BCUT2D eigenvalue weighted by Gasteiger charge is 2.31. The Morgan fingerprint density at radius 3 is 2.68 bits per heavy atom. The van der Waals surface area contributed by atoms with Crippen LogP contribution < -0.4 is 10.6 Å². The first-order valence-electron chi connectivity index (χ1n) is 6.65. The Morgan fingerprint density at radius 1 is 1.37 bits per heavy atom. The number of carbonyl (C=O) groups is 2. The Labute approximate surface area is 112 Å². The predicted octanol–water partition coefficient (Wildman–Crippen LogP) is 1.71. The average molecular weight is 261 g/mol. The van der Waals surface area contributed by atoms with Gasteiger partial charge in [-0.1, -0.05) is 12.8 Å². The molecular formula is C14H19N3O2. The Kier molecular flexibility index (Phi) is 4.49. The predicted molar refractivity (Wildman–Crippen MR) is 72.4 cm³/mol. The van der Waals surface area contributed by atoms with Gasteiger partial charge in [-0.05, 0) is 30.9 Å². The standard InChI is InChI=1S/C14H19N3O2/c1-10(18)16-13(11-5-2-3-6-11)14(19)17-12-7-4-8-15-9-12/h4,7-9,11,13H,2-3,5-6H2,1H3,(H,16,18)(H,17,19)/t13-/m0/s1. The highest BCUT2D eigenvalue weighted by atomic mass is 16.2. The first kappa shape index (κ1) is 13.5. The summed E-state index contributed by atoms with van der Waals surface area (Å²) in [6.45, 7) is 1.44. The number of aromatic nitrogens is 1. The van der Waals surface area contributed by atoms with Crippen molar-refractivity contribution in [2.75, 3.05) is 5.32 Å². The van der Waals surface area contributed by atoms with E-state index in [4.69, 9.17) is 0 Å². The van der Waals surface area contributed by atoms with E-state index in [-0.39, 0.29) is 17.7 Å². The second kappa shape index (κ2) is 6.31. The molecule has 0 radical (unpaired) electrons. The van der Waals surface area contributed by atoms with Crippen molar-refractivity contribution in [3.05, 3.63) is 24.5 Å². The fraction of sp³-hybridized carbons (Fsp3) is 0.500. The zero-order chi connectivity index (χ0) is 13.7. The molecule has 1 heterocycles. The van der Waals surface area contributed by atoms with Gasteiger partial charge >= 0.3 is 0 Å². The van der Waals surface area contributed by atoms with Crippen molar-refractivity contribution in [3.63, 3.8) is 0 Å². The maximum absolute atomic E-state index is 12.3. The normalized spacial score (nSPS) is 16.9. The third-order valence-corrected chi connectivity index (χ3v) is 3.44. The van der Waals surface area contributed by atoms with Crippen molar-refractivity contribution in [2.45, 2.75) is 38.6 Å². The molecule has 2 amide bonds. The number of amides is 2. The van der Waals surface area contributed by atoms with Crippen molar-refractivity contribution in [1.82, 2.24) is 10.3 Å². The van der Waals surface area contributed by atoms with Crippen molar-refractivity contribution < 1.29 is 9.59 Å². The van der Waals surface area contributed by atoms with E-state index in [0.717, 1.165) is 25.7 Å². The van der Waals surface area contributed by atoms with Gasteiger partial charge in [0.05, 0.1) is 11.9 Å². The molecule has 5 heteroatoms. The molecule has 2 N–H and O–H groups in total. The lowest BCUT2D eigenvalue weighted by Crippen LogP contribution is -2.47. The number of nitrogens with one attached hydrogen (secondary N) is 2. The van der Waals surface area contributed by atoms with Crippen LogP contribution >= 0.6 is 0 Å². The summed E-state index contributed by atoms with van der Waals surface area (Å²) < 4.78 is 0. The van der Waals surface area contributed by atoms with Crippen LogP contribution in [0.15, 0.2) is 24.5 Å². The van der Waals surface area contributed by atoms with E-state index < -0.39 is 6.04 Å². The largest absolute Gasteiger partial charge is 0.344 e. The first-order chi connectivity index (χ1) is 9.16. The third-order valence-electron chi connectivity index (χ3n) is 3.44. The van der Waals surface area contributed by atoms with Gasteiger partial charge in [-0.15, -0.1) is 0 Å². The van der Waals surface area contributed by atoms with Gasteiger partial charge in [-0.3, -0.25) is 14.6 Å². The van der Waals surface area contributed by atoms with E-state index in [0.29, 0.717) is 5.69 Å². The summed E-state index contributed by atoms with van der Waals surface area (Å²) in [5.74, 6) is -0.0890. The third kappa shape index (κ3) is 3.77. The SMILES string of the molecule is CC(=O)N[C@H](C(=O)Nc1cccnc1)C1CCCC1. The van der Waals surface area contributed by atoms with E-state index in [9.17, 15) is 9.59 Å². The van der Waals surface area contributed by atoms with Gasteiger partial charge in [0.2, 0.25) is 11.8 Å². The topological polar surface area (TPSA) is 71.1 Å². The molecule has 19 heavy (non-hydrogen) atoms. The summed E-state index contributed by atoms with van der Waals surface area (Å²) in [4.78, 5) is 27.5. The molecule has 1 aromatic heterocycles. The second-order valence-electron chi connectivity index (χ2n) is 4.95. The number of hydrogen-bond acceptors (Lipinski definition) is 3. The van der Waals surface area contributed by atoms with E-state index in [1.807, 2.05) is 0 Å². The fourth-order valence-electron chi connectivity index (χ4n) is 2.56. The van der Waals surface area contributed by atoms with Gasteiger partial charge in [-0.2, -0.15) is 0 Å². The minimum absolute atomic E-state index is 0.157. The number of anilines is 1. The van der Waals surface area contributed by atoms with Crippen LogP contribution in [0.5, 0.6) is 0 Å². The molecule has 0 bridgehead atoms. The van der Waals surface area contributed by atoms with Crippen LogP contribution in [0.25, 0.3) is 0 Å². The van der Waals surface area contributed by atoms with Gasteiger partial charge in [0.1, 0.15) is 6.04 Å². The van der Waals surface area contributed by atoms with Crippen LogP contribution in [0, 0.1) is 5.92 Å². The van der Waals surface area contributed by atoms with E-state index >= 15 is 0 Å². The molecule has 0 saturated heterocycles. The smallest absolute Gasteiger partial charge is 0.247 e. The maximum atomic E-state index is 12.3. The molecule has 102 valence electrons. The quantitative estimate of drug-likeness (QED) is 0.866. The Balaban J connectivity index is 2.04. The lowest BCUT2D eigenvalue weighted by molar-refractivity contribution is -0.126. The summed E-state index contributed by atoms with van der Waals surface area (Å²) in [7, 11) is 0. The zero-order valence-corrected chi connectivity index (χ0v) is 11.1. The van der Waals surface area contributed by atoms with Gasteiger partial charge in [0.15, 0.2) is 0 Å². The van der Waals surface area contributed by atoms with Crippen LogP contribution in [0.3, 0.4) is 0 Å². The van der Waals surface area contributed by atoms with Gasteiger partial charge < -0.3 is 10.6 Å². The molecule has 1 fully saturated rings. The van der Waals surface area contributed by atoms with Crippen LogP contribution in [0.1, 0.15) is 32.6 Å². The molecule has 1 atom stereocenters. The molecule has 0 unspecified atom stereocenters. The molecule has 0 spiro atoms. The van der Waals surface area contributed by atoms with Gasteiger partial charge in [0.25, 0.3) is 0 Å². The van der Waals surface area contributed by atoms with Crippen molar-refractivity contribution in [3.8, 4) is 0 Å². The van der Waals surface area contributed by atoms with Crippen molar-refractivity contribution in [2.24, 2.45) is 5.92 Å². The zero-order valence-electron chi connectivity index (χ0n) is 11.1. The van der Waals surface area contributed by atoms with Crippen LogP contribution in [-0.2, 0) is 9.59 Å². The van der Waals surface area contributed by atoms with Gasteiger partial charge in [0, 0.05) is 13.1 Å². The minimum atomic E-state index is -0.444. The Morgan fingerprint density at radius 2 is 2.11 bits per heavy atom. The monoisotopic (exact) mass is 261 g/mol. The molecule has 1 aromatic rings. The van der Waals surface area contributed by atoms with E-state index in [2.05, 4.69) is 15.6 Å². The first-order valence-corrected chi connectivity index (χ1v) is 6.65. The molecular weight excluding hydrogens is 242 g/mol. The van der Waals surface area contributed by atoms with Crippen LogP contribution in [0.2, 0.25) is 0 Å². The number of carbonyl (C=O) groups excluding carboxylic acids is 2. The number of rotatable bonds is 4. The van der Waals surface area contributed by atoms with Crippen LogP contribution in [0.4, 0.5) is 5.69 Å².